The van der Waals surface area contributed by atoms with Crippen LogP contribution in [0.4, 0.5) is 0 Å². The normalized spacial score (nSPS) is 13.0. The SMILES string of the molecule is CCCCCCCCCCCCCCCCCCCC(O)C(CO)NC(=O)CC(CCCCCCCCCCCCCCCCCC)OC(=O)CCCCCCCCCCCCCC. The van der Waals surface area contributed by atoms with E-state index in [1.807, 2.05) is 0 Å². The summed E-state index contributed by atoms with van der Waals surface area (Å²) in [5, 5.41) is 23.9. The summed E-state index contributed by atoms with van der Waals surface area (Å²) in [5.41, 5.74) is 0. The van der Waals surface area contributed by atoms with Crippen molar-refractivity contribution in [3.05, 3.63) is 0 Å². The number of ether oxygens (including phenoxy) is 1. The van der Waals surface area contributed by atoms with Crippen LogP contribution in [0.1, 0.15) is 335 Å². The van der Waals surface area contributed by atoms with Crippen molar-refractivity contribution in [3.63, 3.8) is 0 Å². The number of carbonyl (C=O) groups is 2. The van der Waals surface area contributed by atoms with Crippen LogP contribution in [-0.4, -0.2) is 46.9 Å². The zero-order valence-electron chi connectivity index (χ0n) is 43.7. The molecule has 3 N–H and O–H groups in total. The van der Waals surface area contributed by atoms with Gasteiger partial charge in [-0.2, -0.15) is 0 Å². The molecule has 3 atom stereocenters. The van der Waals surface area contributed by atoms with Gasteiger partial charge in [-0.25, -0.2) is 0 Å². The number of amides is 1. The summed E-state index contributed by atoms with van der Waals surface area (Å²) in [4.78, 5) is 26.2. The Morgan fingerprint density at radius 3 is 0.953 bits per heavy atom. The number of unbranched alkanes of at least 4 members (excludes halogenated alkanes) is 42. The summed E-state index contributed by atoms with van der Waals surface area (Å²) < 4.78 is 5.96. The van der Waals surface area contributed by atoms with Crippen molar-refractivity contribution < 1.29 is 24.5 Å². The van der Waals surface area contributed by atoms with Gasteiger partial charge in [0.2, 0.25) is 5.91 Å². The summed E-state index contributed by atoms with van der Waals surface area (Å²) in [6.07, 6.45) is 58.8. The molecular weight excluding hydrogens is 791 g/mol. The Labute approximate surface area is 400 Å². The minimum Gasteiger partial charge on any atom is -0.462 e. The molecule has 6 heteroatoms. The highest BCUT2D eigenvalue weighted by atomic mass is 16.5. The Morgan fingerprint density at radius 2 is 0.656 bits per heavy atom. The molecule has 6 nitrogen and oxygen atoms in total. The second-order valence-corrected chi connectivity index (χ2v) is 20.4. The fraction of sp³-hybridized carbons (Fsp3) is 0.966. The second-order valence-electron chi connectivity index (χ2n) is 20.4. The maximum atomic E-state index is 13.3. The molecular formula is C58H115NO5. The minimum absolute atomic E-state index is 0.0886. The molecule has 64 heavy (non-hydrogen) atoms. The van der Waals surface area contributed by atoms with Crippen LogP contribution < -0.4 is 5.32 Å². The van der Waals surface area contributed by atoms with Crippen LogP contribution in [0.2, 0.25) is 0 Å². The van der Waals surface area contributed by atoms with E-state index >= 15 is 0 Å². The molecule has 0 saturated carbocycles. The molecule has 0 saturated heterocycles. The summed E-state index contributed by atoms with van der Waals surface area (Å²) in [5.74, 6) is -0.445. The molecule has 0 fully saturated rings. The van der Waals surface area contributed by atoms with Gasteiger partial charge in [0.1, 0.15) is 6.10 Å². The summed E-state index contributed by atoms with van der Waals surface area (Å²) >= 11 is 0. The third kappa shape index (κ3) is 47.4. The summed E-state index contributed by atoms with van der Waals surface area (Å²) in [6, 6.07) is -0.693. The van der Waals surface area contributed by atoms with Gasteiger partial charge in [0.15, 0.2) is 0 Å². The monoisotopic (exact) mass is 906 g/mol. The fourth-order valence-electron chi connectivity index (χ4n) is 9.49. The minimum atomic E-state index is -0.780. The van der Waals surface area contributed by atoms with Crippen molar-refractivity contribution in [1.29, 1.82) is 0 Å². The average molecular weight is 907 g/mol. The fourth-order valence-corrected chi connectivity index (χ4v) is 9.49. The van der Waals surface area contributed by atoms with E-state index in [0.717, 1.165) is 38.5 Å². The smallest absolute Gasteiger partial charge is 0.306 e. The van der Waals surface area contributed by atoms with Crippen molar-refractivity contribution in [2.24, 2.45) is 0 Å². The Balaban J connectivity index is 4.45. The molecule has 0 aliphatic heterocycles. The van der Waals surface area contributed by atoms with Gasteiger partial charge in [-0.15, -0.1) is 0 Å². The van der Waals surface area contributed by atoms with Crippen molar-refractivity contribution in [2.45, 2.75) is 354 Å². The zero-order valence-corrected chi connectivity index (χ0v) is 43.7. The first kappa shape index (κ1) is 62.9. The van der Waals surface area contributed by atoms with Gasteiger partial charge in [0.25, 0.3) is 0 Å². The van der Waals surface area contributed by atoms with Crippen molar-refractivity contribution in [2.75, 3.05) is 6.61 Å². The first-order chi connectivity index (χ1) is 31.5. The van der Waals surface area contributed by atoms with E-state index in [4.69, 9.17) is 4.74 Å². The lowest BCUT2D eigenvalue weighted by Gasteiger charge is -2.24. The second kappa shape index (κ2) is 52.8. The lowest BCUT2D eigenvalue weighted by atomic mass is 10.0. The summed E-state index contributed by atoms with van der Waals surface area (Å²) in [7, 11) is 0. The first-order valence-corrected chi connectivity index (χ1v) is 29.3. The number of carbonyl (C=O) groups excluding carboxylic acids is 2. The predicted octanol–water partition coefficient (Wildman–Crippen LogP) is 17.9. The van der Waals surface area contributed by atoms with Gasteiger partial charge in [-0.05, 0) is 25.7 Å². The van der Waals surface area contributed by atoms with Gasteiger partial charge in [-0.1, -0.05) is 297 Å². The molecule has 0 aromatic carbocycles. The zero-order chi connectivity index (χ0) is 46.7. The first-order valence-electron chi connectivity index (χ1n) is 29.3. The van der Waals surface area contributed by atoms with Crippen molar-refractivity contribution in [3.8, 4) is 0 Å². The van der Waals surface area contributed by atoms with E-state index in [0.29, 0.717) is 19.3 Å². The lowest BCUT2D eigenvalue weighted by molar-refractivity contribution is -0.151. The average Bonchev–Trinajstić information content (AvgIpc) is 3.29. The standard InChI is InChI=1S/C58H115NO5/c1-4-7-10-13-16-19-22-25-27-29-31-33-35-38-41-44-47-50-56(61)55(53-60)59-57(62)52-54(64-58(63)51-48-45-42-39-36-24-21-18-15-12-9-6-3)49-46-43-40-37-34-32-30-28-26-23-20-17-14-11-8-5-2/h54-56,60-61H,4-53H2,1-3H3,(H,59,62). The van der Waals surface area contributed by atoms with Crippen LogP contribution in [0.5, 0.6) is 0 Å². The molecule has 0 aliphatic rings. The van der Waals surface area contributed by atoms with E-state index in [9.17, 15) is 19.8 Å². The van der Waals surface area contributed by atoms with E-state index < -0.39 is 18.2 Å². The van der Waals surface area contributed by atoms with Crippen molar-refractivity contribution >= 4 is 11.9 Å². The van der Waals surface area contributed by atoms with Crippen LogP contribution in [0.3, 0.4) is 0 Å². The van der Waals surface area contributed by atoms with Crippen LogP contribution in [0.15, 0.2) is 0 Å². The highest BCUT2D eigenvalue weighted by molar-refractivity contribution is 5.77. The van der Waals surface area contributed by atoms with Gasteiger partial charge >= 0.3 is 5.97 Å². The third-order valence-corrected chi connectivity index (χ3v) is 13.9. The van der Waals surface area contributed by atoms with Gasteiger partial charge in [-0.3, -0.25) is 9.59 Å². The van der Waals surface area contributed by atoms with E-state index in [1.54, 1.807) is 0 Å². The van der Waals surface area contributed by atoms with Gasteiger partial charge in [0, 0.05) is 6.42 Å². The molecule has 0 aliphatic carbocycles. The Kier molecular flexibility index (Phi) is 51.9. The maximum absolute atomic E-state index is 13.3. The molecule has 0 bridgehead atoms. The molecule has 0 rings (SSSR count). The lowest BCUT2D eigenvalue weighted by Crippen LogP contribution is -2.46. The number of aliphatic hydroxyl groups excluding tert-OH is 2. The molecule has 382 valence electrons. The molecule has 1 amide bonds. The number of rotatable bonds is 54. The molecule has 3 unspecified atom stereocenters. The van der Waals surface area contributed by atoms with Crippen LogP contribution in [-0.2, 0) is 14.3 Å². The number of hydrogen-bond acceptors (Lipinski definition) is 5. The highest BCUT2D eigenvalue weighted by Gasteiger charge is 2.24. The van der Waals surface area contributed by atoms with Gasteiger partial charge < -0.3 is 20.3 Å². The number of aliphatic hydroxyl groups is 2. The Bertz CT molecular complexity index is 928. The highest BCUT2D eigenvalue weighted by Crippen LogP contribution is 2.19. The predicted molar refractivity (Wildman–Crippen MR) is 278 cm³/mol. The molecule has 0 aromatic rings. The summed E-state index contributed by atoms with van der Waals surface area (Å²) in [6.45, 7) is 6.54. The molecule has 0 heterocycles. The van der Waals surface area contributed by atoms with E-state index in [2.05, 4.69) is 26.1 Å². The maximum Gasteiger partial charge on any atom is 0.306 e. The number of hydrogen-bond donors (Lipinski definition) is 3. The molecule has 0 spiro atoms. The van der Waals surface area contributed by atoms with E-state index in [-0.39, 0.29) is 24.9 Å². The third-order valence-electron chi connectivity index (χ3n) is 13.9. The van der Waals surface area contributed by atoms with E-state index in [1.165, 1.54) is 250 Å². The Morgan fingerprint density at radius 1 is 0.391 bits per heavy atom. The number of nitrogens with one attached hydrogen (secondary N) is 1. The quantitative estimate of drug-likeness (QED) is 0.0417. The van der Waals surface area contributed by atoms with Crippen LogP contribution in [0, 0.1) is 0 Å². The Hall–Kier alpha value is -1.14. The van der Waals surface area contributed by atoms with Gasteiger partial charge in [0.05, 0.1) is 25.2 Å². The van der Waals surface area contributed by atoms with Crippen LogP contribution >= 0.6 is 0 Å². The molecule has 0 aromatic heterocycles. The van der Waals surface area contributed by atoms with Crippen LogP contribution in [0.25, 0.3) is 0 Å². The number of esters is 1. The topological polar surface area (TPSA) is 95.9 Å². The molecule has 0 radical (unpaired) electrons. The largest absolute Gasteiger partial charge is 0.462 e. The van der Waals surface area contributed by atoms with Crippen molar-refractivity contribution in [1.82, 2.24) is 5.32 Å².